The summed E-state index contributed by atoms with van der Waals surface area (Å²) in [6.07, 6.45) is 0. The number of hydrogen-bond donors (Lipinski definition) is 1. The van der Waals surface area contributed by atoms with Crippen molar-refractivity contribution in [2.45, 2.75) is 19.9 Å². The molecule has 0 aliphatic carbocycles. The molecular weight excluding hydrogens is 230 g/mol. The van der Waals surface area contributed by atoms with E-state index in [1.54, 1.807) is 4.90 Å². The average Bonchev–Trinajstić information content (AvgIpc) is 2.36. The van der Waals surface area contributed by atoms with Crippen LogP contribution in [0, 0.1) is 13.8 Å². The summed E-state index contributed by atoms with van der Waals surface area (Å²) in [7, 11) is 0. The number of amides is 1. The van der Waals surface area contributed by atoms with E-state index in [0.29, 0.717) is 25.3 Å². The smallest absolute Gasteiger partial charge is 0.254 e. The van der Waals surface area contributed by atoms with E-state index < -0.39 is 0 Å². The molecule has 0 spiro atoms. The van der Waals surface area contributed by atoms with Gasteiger partial charge in [0.15, 0.2) is 0 Å². The molecule has 0 aromatic heterocycles. The van der Waals surface area contributed by atoms with Gasteiger partial charge in [-0.2, -0.15) is 0 Å². The number of hydrogen-bond acceptors (Lipinski definition) is 3. The number of carbonyl (C=O) groups is 1. The lowest BCUT2D eigenvalue weighted by Crippen LogP contribution is -2.50. The Morgan fingerprint density at radius 2 is 2.06 bits per heavy atom. The molecule has 0 radical (unpaired) electrons. The minimum Gasteiger partial charge on any atom is -0.394 e. The van der Waals surface area contributed by atoms with Gasteiger partial charge < -0.3 is 14.7 Å². The van der Waals surface area contributed by atoms with E-state index in [1.165, 1.54) is 0 Å². The molecule has 1 aromatic rings. The van der Waals surface area contributed by atoms with Crippen molar-refractivity contribution in [3.8, 4) is 0 Å². The van der Waals surface area contributed by atoms with Crippen LogP contribution < -0.4 is 0 Å². The van der Waals surface area contributed by atoms with Gasteiger partial charge in [0.1, 0.15) is 0 Å². The normalized spacial score (nSPS) is 19.9. The van der Waals surface area contributed by atoms with Crippen molar-refractivity contribution in [2.75, 3.05) is 26.4 Å². The number of nitrogens with zero attached hydrogens (tertiary/aromatic N) is 1. The zero-order chi connectivity index (χ0) is 13.1. The largest absolute Gasteiger partial charge is 0.394 e. The molecule has 1 aromatic carbocycles. The maximum atomic E-state index is 12.4. The van der Waals surface area contributed by atoms with Crippen LogP contribution in [0.4, 0.5) is 0 Å². The van der Waals surface area contributed by atoms with Gasteiger partial charge in [0.25, 0.3) is 5.91 Å². The van der Waals surface area contributed by atoms with Gasteiger partial charge in [-0.25, -0.2) is 0 Å². The van der Waals surface area contributed by atoms with Crippen LogP contribution >= 0.6 is 0 Å². The summed E-state index contributed by atoms with van der Waals surface area (Å²) < 4.78 is 5.28. The van der Waals surface area contributed by atoms with Crippen LogP contribution in [0.1, 0.15) is 21.5 Å². The molecule has 4 heteroatoms. The third kappa shape index (κ3) is 2.71. The number of carbonyl (C=O) groups excluding carboxylic acids is 1. The Balaban J connectivity index is 2.23. The molecule has 1 aliphatic rings. The van der Waals surface area contributed by atoms with Crippen LogP contribution in [0.2, 0.25) is 0 Å². The average molecular weight is 249 g/mol. The maximum absolute atomic E-state index is 12.4. The molecule has 0 bridgehead atoms. The summed E-state index contributed by atoms with van der Waals surface area (Å²) in [5, 5.41) is 9.29. The second-order valence-corrected chi connectivity index (χ2v) is 4.79. The van der Waals surface area contributed by atoms with Crippen LogP contribution in [0.3, 0.4) is 0 Å². The summed E-state index contributed by atoms with van der Waals surface area (Å²) in [6.45, 7) is 5.38. The number of aliphatic hydroxyl groups is 1. The van der Waals surface area contributed by atoms with Gasteiger partial charge in [0, 0.05) is 12.1 Å². The van der Waals surface area contributed by atoms with E-state index in [2.05, 4.69) is 0 Å². The Morgan fingerprint density at radius 3 is 2.67 bits per heavy atom. The highest BCUT2D eigenvalue weighted by atomic mass is 16.5. The van der Waals surface area contributed by atoms with Crippen molar-refractivity contribution in [1.82, 2.24) is 4.90 Å². The number of aliphatic hydroxyl groups excluding tert-OH is 1. The Hall–Kier alpha value is -1.39. The van der Waals surface area contributed by atoms with Crippen molar-refractivity contribution < 1.29 is 14.6 Å². The van der Waals surface area contributed by atoms with Crippen LogP contribution in [0.5, 0.6) is 0 Å². The minimum atomic E-state index is -0.230. The lowest BCUT2D eigenvalue weighted by molar-refractivity contribution is -0.0184. The first-order chi connectivity index (χ1) is 8.61. The summed E-state index contributed by atoms with van der Waals surface area (Å²) in [5.74, 6) is -0.0239. The molecule has 1 aliphatic heterocycles. The second-order valence-electron chi connectivity index (χ2n) is 4.79. The Bertz CT molecular complexity index is 424. The Morgan fingerprint density at radius 1 is 1.39 bits per heavy atom. The molecule has 18 heavy (non-hydrogen) atoms. The van der Waals surface area contributed by atoms with Crippen LogP contribution in [0.15, 0.2) is 18.2 Å². The lowest BCUT2D eigenvalue weighted by Gasteiger charge is -2.34. The molecule has 1 atom stereocenters. The third-order valence-electron chi connectivity index (χ3n) is 3.17. The molecule has 0 saturated carbocycles. The van der Waals surface area contributed by atoms with E-state index >= 15 is 0 Å². The van der Waals surface area contributed by atoms with Gasteiger partial charge in [-0.1, -0.05) is 17.2 Å². The van der Waals surface area contributed by atoms with Crippen LogP contribution in [-0.2, 0) is 4.74 Å². The number of benzene rings is 1. The molecule has 1 N–H and O–H groups in total. The van der Waals surface area contributed by atoms with E-state index in [-0.39, 0.29) is 18.6 Å². The standard InChI is InChI=1S/C14H19NO3/c1-10-5-11(2)7-12(6-10)14(17)15-3-4-18-9-13(15)8-16/h5-7,13,16H,3-4,8-9H2,1-2H3/t13-/m0/s1. The predicted molar refractivity (Wildman–Crippen MR) is 68.6 cm³/mol. The fourth-order valence-electron chi connectivity index (χ4n) is 2.34. The molecule has 1 saturated heterocycles. The van der Waals surface area contributed by atoms with Crippen LogP contribution in [0.25, 0.3) is 0 Å². The number of rotatable bonds is 2. The fourth-order valence-corrected chi connectivity index (χ4v) is 2.34. The first-order valence-electron chi connectivity index (χ1n) is 6.19. The van der Waals surface area contributed by atoms with E-state index in [0.717, 1.165) is 11.1 Å². The topological polar surface area (TPSA) is 49.8 Å². The molecule has 0 unspecified atom stereocenters. The van der Waals surface area contributed by atoms with E-state index in [4.69, 9.17) is 4.74 Å². The lowest BCUT2D eigenvalue weighted by atomic mass is 10.1. The highest BCUT2D eigenvalue weighted by Crippen LogP contribution is 2.15. The number of morpholine rings is 1. The van der Waals surface area contributed by atoms with Gasteiger partial charge in [0.2, 0.25) is 0 Å². The van der Waals surface area contributed by atoms with Crippen LogP contribution in [-0.4, -0.2) is 48.3 Å². The van der Waals surface area contributed by atoms with Crippen molar-refractivity contribution in [2.24, 2.45) is 0 Å². The van der Waals surface area contributed by atoms with E-state index in [9.17, 15) is 9.90 Å². The van der Waals surface area contributed by atoms with E-state index in [1.807, 2.05) is 32.0 Å². The van der Waals surface area contributed by atoms with Gasteiger partial charge in [-0.05, 0) is 26.0 Å². The SMILES string of the molecule is Cc1cc(C)cc(C(=O)N2CCOC[C@@H]2CO)c1. The third-order valence-corrected chi connectivity index (χ3v) is 3.17. The molecule has 1 amide bonds. The highest BCUT2D eigenvalue weighted by Gasteiger charge is 2.27. The monoisotopic (exact) mass is 249 g/mol. The van der Waals surface area contributed by atoms with Crippen molar-refractivity contribution >= 4 is 5.91 Å². The first-order valence-corrected chi connectivity index (χ1v) is 6.19. The van der Waals surface area contributed by atoms with Gasteiger partial charge in [0.05, 0.1) is 25.9 Å². The summed E-state index contributed by atoms with van der Waals surface area (Å²) >= 11 is 0. The summed E-state index contributed by atoms with van der Waals surface area (Å²) in [4.78, 5) is 14.1. The van der Waals surface area contributed by atoms with Crippen molar-refractivity contribution in [1.29, 1.82) is 0 Å². The molecule has 1 heterocycles. The van der Waals surface area contributed by atoms with Crippen molar-refractivity contribution in [3.05, 3.63) is 34.9 Å². The Labute approximate surface area is 107 Å². The zero-order valence-corrected chi connectivity index (χ0v) is 10.8. The highest BCUT2D eigenvalue weighted by molar-refractivity contribution is 5.95. The predicted octanol–water partition coefficient (Wildman–Crippen LogP) is 1.14. The fraction of sp³-hybridized carbons (Fsp3) is 0.500. The minimum absolute atomic E-state index is 0.0239. The molecule has 2 rings (SSSR count). The first kappa shape index (κ1) is 13.1. The molecule has 4 nitrogen and oxygen atoms in total. The van der Waals surface area contributed by atoms with Gasteiger partial charge in [-0.3, -0.25) is 4.79 Å². The quantitative estimate of drug-likeness (QED) is 0.855. The number of aryl methyl sites for hydroxylation is 2. The molecule has 98 valence electrons. The van der Waals surface area contributed by atoms with Gasteiger partial charge in [-0.15, -0.1) is 0 Å². The van der Waals surface area contributed by atoms with Gasteiger partial charge >= 0.3 is 0 Å². The second kappa shape index (κ2) is 5.50. The molecular formula is C14H19NO3. The number of ether oxygens (including phenoxy) is 1. The Kier molecular flexibility index (Phi) is 3.99. The molecule has 1 fully saturated rings. The summed E-state index contributed by atoms with van der Waals surface area (Å²) in [5.41, 5.74) is 2.84. The maximum Gasteiger partial charge on any atom is 0.254 e. The zero-order valence-electron chi connectivity index (χ0n) is 10.8. The van der Waals surface area contributed by atoms with Crippen molar-refractivity contribution in [3.63, 3.8) is 0 Å². The summed E-state index contributed by atoms with van der Waals surface area (Å²) in [6, 6.07) is 5.59.